The number of amides is 1. The molecule has 21 heavy (non-hydrogen) atoms. The van der Waals surface area contributed by atoms with Crippen LogP contribution in [-0.2, 0) is 9.59 Å². The number of carboxylic acids is 1. The summed E-state index contributed by atoms with van der Waals surface area (Å²) in [5.74, 6) is -1.13. The molecule has 1 aliphatic rings. The third-order valence-corrected chi connectivity index (χ3v) is 4.07. The van der Waals surface area contributed by atoms with E-state index in [1.165, 1.54) is 11.0 Å². The predicted molar refractivity (Wildman–Crippen MR) is 78.9 cm³/mol. The second-order valence-electron chi connectivity index (χ2n) is 5.00. The summed E-state index contributed by atoms with van der Waals surface area (Å²) >= 11 is 11.8. The number of carboxylic acid groups (broad SMARTS) is 1. The number of halogens is 2. The van der Waals surface area contributed by atoms with Gasteiger partial charge in [-0.25, -0.2) is 4.79 Å². The first-order valence-corrected chi connectivity index (χ1v) is 7.26. The van der Waals surface area contributed by atoms with Crippen LogP contribution in [0, 0.1) is 5.92 Å². The molecular weight excluding hydrogens is 317 g/mol. The van der Waals surface area contributed by atoms with Crippen molar-refractivity contribution in [1.29, 1.82) is 0 Å². The Morgan fingerprint density at radius 1 is 1.43 bits per heavy atom. The predicted octanol–water partition coefficient (Wildman–Crippen LogP) is 2.69. The maximum Gasteiger partial charge on any atom is 0.326 e. The lowest BCUT2D eigenvalue weighted by molar-refractivity contribution is -0.150. The molecule has 0 radical (unpaired) electrons. The highest BCUT2D eigenvalue weighted by molar-refractivity contribution is 6.34. The fourth-order valence-corrected chi connectivity index (χ4v) is 2.75. The lowest BCUT2D eigenvalue weighted by Crippen LogP contribution is -2.44. The van der Waals surface area contributed by atoms with Crippen LogP contribution >= 0.6 is 23.2 Å². The van der Waals surface area contributed by atoms with Crippen LogP contribution in [0.15, 0.2) is 18.2 Å². The van der Waals surface area contributed by atoms with Crippen molar-refractivity contribution in [3.63, 3.8) is 0 Å². The average molecular weight is 332 g/mol. The van der Waals surface area contributed by atoms with Crippen molar-refractivity contribution < 1.29 is 19.4 Å². The molecule has 1 aliphatic heterocycles. The van der Waals surface area contributed by atoms with Gasteiger partial charge in [-0.3, -0.25) is 4.79 Å². The number of aliphatic carboxylic acids is 1. The van der Waals surface area contributed by atoms with Crippen LogP contribution in [0.5, 0.6) is 5.75 Å². The fourth-order valence-electron chi connectivity index (χ4n) is 2.41. The average Bonchev–Trinajstić information content (AvgIpc) is 2.81. The monoisotopic (exact) mass is 331 g/mol. The van der Waals surface area contributed by atoms with E-state index in [9.17, 15) is 14.7 Å². The van der Waals surface area contributed by atoms with Crippen molar-refractivity contribution >= 4 is 35.1 Å². The minimum absolute atomic E-state index is 0.0683. The largest absolute Gasteiger partial charge is 0.482 e. The highest BCUT2D eigenvalue weighted by atomic mass is 35.5. The minimum Gasteiger partial charge on any atom is -0.482 e. The maximum absolute atomic E-state index is 12.1. The van der Waals surface area contributed by atoms with Crippen LogP contribution in [0.2, 0.25) is 10.0 Å². The zero-order chi connectivity index (χ0) is 15.6. The van der Waals surface area contributed by atoms with Gasteiger partial charge in [-0.2, -0.15) is 0 Å². The third kappa shape index (κ3) is 3.60. The van der Waals surface area contributed by atoms with Crippen LogP contribution in [0.25, 0.3) is 0 Å². The SMILES string of the molecule is CC1CCN(C(=O)COc2cc(Cl)ccc2Cl)C1C(=O)O. The van der Waals surface area contributed by atoms with Gasteiger partial charge in [-0.05, 0) is 24.5 Å². The number of hydrogen-bond acceptors (Lipinski definition) is 3. The Labute approximate surface area is 132 Å². The Balaban J connectivity index is 2.02. The quantitative estimate of drug-likeness (QED) is 0.921. The fraction of sp³-hybridized carbons (Fsp3) is 0.429. The van der Waals surface area contributed by atoms with Gasteiger partial charge in [0.2, 0.25) is 0 Å². The zero-order valence-corrected chi connectivity index (χ0v) is 12.9. The van der Waals surface area contributed by atoms with E-state index in [0.29, 0.717) is 28.8 Å². The Morgan fingerprint density at radius 2 is 2.14 bits per heavy atom. The summed E-state index contributed by atoms with van der Waals surface area (Å²) in [6.07, 6.45) is 0.667. The van der Waals surface area contributed by atoms with E-state index in [4.69, 9.17) is 27.9 Å². The van der Waals surface area contributed by atoms with Crippen LogP contribution in [0.3, 0.4) is 0 Å². The molecule has 1 saturated heterocycles. The van der Waals surface area contributed by atoms with Crippen LogP contribution in [0.4, 0.5) is 0 Å². The number of carbonyl (C=O) groups excluding carboxylic acids is 1. The summed E-state index contributed by atoms with van der Waals surface area (Å²) in [5, 5.41) is 9.98. The van der Waals surface area contributed by atoms with Crippen molar-refractivity contribution in [3.8, 4) is 5.75 Å². The molecule has 0 spiro atoms. The van der Waals surface area contributed by atoms with Gasteiger partial charge in [-0.1, -0.05) is 30.1 Å². The van der Waals surface area contributed by atoms with Crippen molar-refractivity contribution in [3.05, 3.63) is 28.2 Å². The molecule has 2 atom stereocenters. The summed E-state index contributed by atoms with van der Waals surface area (Å²) in [7, 11) is 0. The van der Waals surface area contributed by atoms with Gasteiger partial charge in [0.15, 0.2) is 6.61 Å². The molecule has 1 aromatic rings. The van der Waals surface area contributed by atoms with E-state index < -0.39 is 12.0 Å². The first-order chi connectivity index (χ1) is 9.90. The molecule has 5 nitrogen and oxygen atoms in total. The number of benzene rings is 1. The van der Waals surface area contributed by atoms with Gasteiger partial charge in [0, 0.05) is 17.6 Å². The molecule has 1 aromatic carbocycles. The van der Waals surface area contributed by atoms with Crippen molar-refractivity contribution in [2.75, 3.05) is 13.2 Å². The number of nitrogens with zero attached hydrogens (tertiary/aromatic N) is 1. The second-order valence-corrected chi connectivity index (χ2v) is 5.84. The van der Waals surface area contributed by atoms with Gasteiger partial charge in [0.05, 0.1) is 5.02 Å². The van der Waals surface area contributed by atoms with E-state index in [0.717, 1.165) is 0 Å². The van der Waals surface area contributed by atoms with E-state index in [-0.39, 0.29) is 18.4 Å². The molecule has 2 unspecified atom stereocenters. The molecule has 0 aromatic heterocycles. The summed E-state index contributed by atoms with van der Waals surface area (Å²) in [5.41, 5.74) is 0. The first-order valence-electron chi connectivity index (χ1n) is 6.50. The molecule has 1 fully saturated rings. The number of carbonyl (C=O) groups is 2. The van der Waals surface area contributed by atoms with Gasteiger partial charge in [0.25, 0.3) is 5.91 Å². The van der Waals surface area contributed by atoms with E-state index >= 15 is 0 Å². The highest BCUT2D eigenvalue weighted by Gasteiger charge is 2.39. The molecule has 1 N–H and O–H groups in total. The van der Waals surface area contributed by atoms with Gasteiger partial charge >= 0.3 is 5.97 Å². The molecule has 0 bridgehead atoms. The Bertz CT molecular complexity index is 564. The zero-order valence-electron chi connectivity index (χ0n) is 11.4. The normalized spacial score (nSPS) is 21.4. The van der Waals surface area contributed by atoms with Crippen molar-refractivity contribution in [2.45, 2.75) is 19.4 Å². The molecule has 114 valence electrons. The number of hydrogen-bond donors (Lipinski definition) is 1. The Morgan fingerprint density at radius 3 is 2.81 bits per heavy atom. The molecule has 0 saturated carbocycles. The van der Waals surface area contributed by atoms with Gasteiger partial charge in [0.1, 0.15) is 11.8 Å². The topological polar surface area (TPSA) is 66.8 Å². The summed E-state index contributed by atoms with van der Waals surface area (Å²) in [6, 6.07) is 3.90. The molecular formula is C14H15Cl2NO4. The van der Waals surface area contributed by atoms with Crippen molar-refractivity contribution in [1.82, 2.24) is 4.90 Å². The standard InChI is InChI=1S/C14H15Cl2NO4/c1-8-4-5-17(13(8)14(19)20)12(18)7-21-11-6-9(15)2-3-10(11)16/h2-3,6,8,13H,4-5,7H2,1H3,(H,19,20). The number of ether oxygens (including phenoxy) is 1. The van der Waals surface area contributed by atoms with Gasteiger partial charge in [-0.15, -0.1) is 0 Å². The van der Waals surface area contributed by atoms with Gasteiger partial charge < -0.3 is 14.7 Å². The lowest BCUT2D eigenvalue weighted by atomic mass is 10.0. The van der Waals surface area contributed by atoms with Crippen LogP contribution < -0.4 is 4.74 Å². The molecule has 1 heterocycles. The van der Waals surface area contributed by atoms with Crippen molar-refractivity contribution in [2.24, 2.45) is 5.92 Å². The molecule has 0 aliphatic carbocycles. The highest BCUT2D eigenvalue weighted by Crippen LogP contribution is 2.28. The molecule has 7 heteroatoms. The van der Waals surface area contributed by atoms with Crippen LogP contribution in [0.1, 0.15) is 13.3 Å². The Hall–Kier alpha value is -1.46. The maximum atomic E-state index is 12.1. The number of rotatable bonds is 4. The first kappa shape index (κ1) is 15.9. The van der Waals surface area contributed by atoms with E-state index in [2.05, 4.69) is 0 Å². The lowest BCUT2D eigenvalue weighted by Gasteiger charge is -2.23. The molecule has 1 amide bonds. The van der Waals surface area contributed by atoms with Crippen LogP contribution in [-0.4, -0.2) is 41.1 Å². The van der Waals surface area contributed by atoms with E-state index in [1.54, 1.807) is 12.1 Å². The summed E-state index contributed by atoms with van der Waals surface area (Å²) in [4.78, 5) is 24.7. The summed E-state index contributed by atoms with van der Waals surface area (Å²) < 4.78 is 5.35. The number of likely N-dealkylation sites (tertiary alicyclic amines) is 1. The smallest absolute Gasteiger partial charge is 0.326 e. The Kier molecular flexibility index (Phi) is 4.96. The molecule has 2 rings (SSSR count). The van der Waals surface area contributed by atoms with E-state index in [1.807, 2.05) is 6.92 Å². The second kappa shape index (κ2) is 6.54. The summed E-state index contributed by atoms with van der Waals surface area (Å²) in [6.45, 7) is 1.97. The minimum atomic E-state index is -0.992. The third-order valence-electron chi connectivity index (χ3n) is 3.52.